The number of carbonyl (C=O) groups excluding carboxylic acids is 1. The fraction of sp³-hybridized carbons (Fsp3) is 0.278. The van der Waals surface area contributed by atoms with Crippen molar-refractivity contribution < 1.29 is 4.79 Å². The molecule has 0 radical (unpaired) electrons. The lowest BCUT2D eigenvalue weighted by molar-refractivity contribution is 0.0986. The number of para-hydroxylation sites is 2. The minimum atomic E-state index is 0. The largest absolute Gasteiger partial charge is 0.399 e. The van der Waals surface area contributed by atoms with Crippen molar-refractivity contribution in [3.63, 3.8) is 0 Å². The van der Waals surface area contributed by atoms with Gasteiger partial charge in [-0.25, -0.2) is 0 Å². The summed E-state index contributed by atoms with van der Waals surface area (Å²) >= 11 is 0. The predicted octanol–water partition coefficient (Wildman–Crippen LogP) is 3.91. The molecule has 6 heteroatoms. The molecule has 0 aromatic heterocycles. The quantitative estimate of drug-likeness (QED) is 0.818. The van der Waals surface area contributed by atoms with Gasteiger partial charge in [0.25, 0.3) is 5.91 Å². The number of benzene rings is 2. The number of hydrogen-bond acceptors (Lipinski definition) is 3. The van der Waals surface area contributed by atoms with Crippen LogP contribution in [0.2, 0.25) is 0 Å². The SMILES string of the molecule is CCN1CCN(C(=O)c2cc(N)ccc2C)c2ccccc21.Cl.Cl. The zero-order valence-corrected chi connectivity index (χ0v) is 15.5. The van der Waals surface area contributed by atoms with E-state index in [0.29, 0.717) is 17.8 Å². The summed E-state index contributed by atoms with van der Waals surface area (Å²) in [5, 5.41) is 0. The lowest BCUT2D eigenvalue weighted by atomic mass is 10.0. The molecule has 4 nitrogen and oxygen atoms in total. The maximum absolute atomic E-state index is 13.0. The number of nitrogen functional groups attached to an aromatic ring is 1. The summed E-state index contributed by atoms with van der Waals surface area (Å²) in [6, 6.07) is 13.6. The van der Waals surface area contributed by atoms with Gasteiger partial charge in [-0.05, 0) is 43.7 Å². The predicted molar refractivity (Wildman–Crippen MR) is 106 cm³/mol. The first-order chi connectivity index (χ1) is 10.6. The molecule has 0 unspecified atom stereocenters. The lowest BCUT2D eigenvalue weighted by Gasteiger charge is -2.37. The summed E-state index contributed by atoms with van der Waals surface area (Å²) in [4.78, 5) is 17.1. The molecule has 0 aliphatic carbocycles. The fourth-order valence-electron chi connectivity index (χ4n) is 2.98. The van der Waals surface area contributed by atoms with Crippen LogP contribution in [0.4, 0.5) is 17.1 Å². The van der Waals surface area contributed by atoms with E-state index in [0.717, 1.165) is 30.0 Å². The third-order valence-electron chi connectivity index (χ3n) is 4.23. The molecule has 0 saturated heterocycles. The summed E-state index contributed by atoms with van der Waals surface area (Å²) in [6.07, 6.45) is 0. The molecule has 0 spiro atoms. The lowest BCUT2D eigenvalue weighted by Crippen LogP contribution is -2.44. The van der Waals surface area contributed by atoms with E-state index in [4.69, 9.17) is 5.73 Å². The normalized spacial score (nSPS) is 12.8. The van der Waals surface area contributed by atoms with E-state index in [-0.39, 0.29) is 30.7 Å². The highest BCUT2D eigenvalue weighted by atomic mass is 35.5. The van der Waals surface area contributed by atoms with E-state index >= 15 is 0 Å². The van der Waals surface area contributed by atoms with Crippen molar-refractivity contribution in [1.29, 1.82) is 0 Å². The number of likely N-dealkylation sites (N-methyl/N-ethyl adjacent to an activating group) is 1. The molecule has 130 valence electrons. The molecule has 3 rings (SSSR count). The molecule has 1 aliphatic heterocycles. The van der Waals surface area contributed by atoms with Crippen LogP contribution in [0.15, 0.2) is 42.5 Å². The summed E-state index contributed by atoms with van der Waals surface area (Å²) in [7, 11) is 0. The average Bonchev–Trinajstić information content (AvgIpc) is 2.55. The zero-order chi connectivity index (χ0) is 15.7. The van der Waals surface area contributed by atoms with Crippen molar-refractivity contribution in [2.45, 2.75) is 13.8 Å². The van der Waals surface area contributed by atoms with E-state index < -0.39 is 0 Å². The first-order valence-electron chi connectivity index (χ1n) is 7.63. The summed E-state index contributed by atoms with van der Waals surface area (Å²) in [5.74, 6) is 0.0213. The van der Waals surface area contributed by atoms with Gasteiger partial charge in [-0.15, -0.1) is 24.8 Å². The Kier molecular flexibility index (Phi) is 6.93. The molecule has 0 atom stereocenters. The van der Waals surface area contributed by atoms with Crippen LogP contribution in [-0.2, 0) is 0 Å². The first-order valence-corrected chi connectivity index (χ1v) is 7.63. The second-order valence-electron chi connectivity index (χ2n) is 5.60. The number of anilines is 3. The maximum Gasteiger partial charge on any atom is 0.258 e. The first kappa shape index (κ1) is 20.1. The number of aryl methyl sites for hydroxylation is 1. The van der Waals surface area contributed by atoms with E-state index in [1.807, 2.05) is 42.2 Å². The second-order valence-corrected chi connectivity index (χ2v) is 5.60. The van der Waals surface area contributed by atoms with Crippen molar-refractivity contribution in [2.75, 3.05) is 35.2 Å². The monoisotopic (exact) mass is 367 g/mol. The van der Waals surface area contributed by atoms with Crippen molar-refractivity contribution in [1.82, 2.24) is 0 Å². The van der Waals surface area contributed by atoms with Crippen molar-refractivity contribution in [3.05, 3.63) is 53.6 Å². The Bertz CT molecular complexity index is 721. The molecule has 1 amide bonds. The van der Waals surface area contributed by atoms with Gasteiger partial charge in [0.05, 0.1) is 11.4 Å². The number of fused-ring (bicyclic) bond motifs is 1. The second kappa shape index (κ2) is 8.27. The van der Waals surface area contributed by atoms with Gasteiger partial charge in [-0.2, -0.15) is 0 Å². The number of amides is 1. The minimum Gasteiger partial charge on any atom is -0.399 e. The van der Waals surface area contributed by atoms with Gasteiger partial charge in [-0.3, -0.25) is 4.79 Å². The summed E-state index contributed by atoms with van der Waals surface area (Å²) in [6.45, 7) is 6.56. The van der Waals surface area contributed by atoms with Crippen LogP contribution >= 0.6 is 24.8 Å². The molecule has 2 N–H and O–H groups in total. The van der Waals surface area contributed by atoms with Gasteiger partial charge >= 0.3 is 0 Å². The smallest absolute Gasteiger partial charge is 0.258 e. The van der Waals surface area contributed by atoms with E-state index in [2.05, 4.69) is 17.9 Å². The Labute approximate surface area is 155 Å². The van der Waals surface area contributed by atoms with Crippen LogP contribution < -0.4 is 15.5 Å². The number of nitrogens with zero attached hydrogens (tertiary/aromatic N) is 2. The molecule has 0 bridgehead atoms. The molecule has 1 heterocycles. The Morgan fingerprint density at radius 3 is 2.42 bits per heavy atom. The average molecular weight is 368 g/mol. The highest BCUT2D eigenvalue weighted by Gasteiger charge is 2.27. The van der Waals surface area contributed by atoms with E-state index in [1.165, 1.54) is 0 Å². The highest BCUT2D eigenvalue weighted by molar-refractivity contribution is 6.09. The van der Waals surface area contributed by atoms with Gasteiger partial charge in [0.15, 0.2) is 0 Å². The molecular weight excluding hydrogens is 345 g/mol. The number of halogens is 2. The van der Waals surface area contributed by atoms with E-state index in [9.17, 15) is 4.79 Å². The van der Waals surface area contributed by atoms with Gasteiger partial charge in [0, 0.05) is 30.9 Å². The van der Waals surface area contributed by atoms with Crippen molar-refractivity contribution in [2.24, 2.45) is 0 Å². The van der Waals surface area contributed by atoms with E-state index in [1.54, 1.807) is 6.07 Å². The van der Waals surface area contributed by atoms with Gasteiger partial charge in [-0.1, -0.05) is 18.2 Å². The molecule has 2 aromatic carbocycles. The standard InChI is InChI=1S/C18H21N3O.2ClH/c1-3-20-10-11-21(17-7-5-4-6-16(17)20)18(22)15-12-14(19)9-8-13(15)2;;/h4-9,12H,3,10-11,19H2,1-2H3;2*1H. The molecule has 0 fully saturated rings. The van der Waals surface area contributed by atoms with Crippen LogP contribution in [0.1, 0.15) is 22.8 Å². The Morgan fingerprint density at radius 2 is 1.75 bits per heavy atom. The zero-order valence-electron chi connectivity index (χ0n) is 13.9. The number of hydrogen-bond donors (Lipinski definition) is 1. The van der Waals surface area contributed by atoms with Crippen LogP contribution in [-0.4, -0.2) is 25.5 Å². The Hall–Kier alpha value is -1.91. The molecule has 2 aromatic rings. The fourth-order valence-corrected chi connectivity index (χ4v) is 2.98. The maximum atomic E-state index is 13.0. The van der Waals surface area contributed by atoms with Crippen LogP contribution in [0.25, 0.3) is 0 Å². The number of nitrogens with two attached hydrogens (primary N) is 1. The number of rotatable bonds is 2. The van der Waals surface area contributed by atoms with Crippen LogP contribution in [0.3, 0.4) is 0 Å². The minimum absolute atomic E-state index is 0. The Balaban J connectivity index is 0.00000144. The third kappa shape index (κ3) is 3.60. The highest BCUT2D eigenvalue weighted by Crippen LogP contribution is 2.33. The number of carbonyl (C=O) groups is 1. The molecule has 24 heavy (non-hydrogen) atoms. The molecule has 0 saturated carbocycles. The summed E-state index contributed by atoms with van der Waals surface area (Å²) in [5.41, 5.74) is 10.2. The van der Waals surface area contributed by atoms with Crippen LogP contribution in [0, 0.1) is 6.92 Å². The summed E-state index contributed by atoms with van der Waals surface area (Å²) < 4.78 is 0. The molecular formula is C18H23Cl2N3O. The van der Waals surface area contributed by atoms with Crippen molar-refractivity contribution >= 4 is 47.8 Å². The van der Waals surface area contributed by atoms with Crippen molar-refractivity contribution in [3.8, 4) is 0 Å². The van der Waals surface area contributed by atoms with Crippen LogP contribution in [0.5, 0.6) is 0 Å². The topological polar surface area (TPSA) is 49.6 Å². The van der Waals surface area contributed by atoms with Gasteiger partial charge in [0.1, 0.15) is 0 Å². The van der Waals surface area contributed by atoms with Gasteiger partial charge in [0.2, 0.25) is 0 Å². The van der Waals surface area contributed by atoms with Gasteiger partial charge < -0.3 is 15.5 Å². The third-order valence-corrected chi connectivity index (χ3v) is 4.23. The molecule has 1 aliphatic rings. The Morgan fingerprint density at radius 1 is 1.08 bits per heavy atom.